The molecule has 0 radical (unpaired) electrons. The number of aliphatic carboxylic acids is 1. The van der Waals surface area contributed by atoms with E-state index in [1.807, 2.05) is 16.8 Å². The van der Waals surface area contributed by atoms with E-state index in [0.717, 1.165) is 5.56 Å². The van der Waals surface area contributed by atoms with E-state index < -0.39 is 12.0 Å². The summed E-state index contributed by atoms with van der Waals surface area (Å²) in [6, 6.07) is 1.02. The van der Waals surface area contributed by atoms with Crippen LogP contribution in [-0.4, -0.2) is 47.7 Å². The van der Waals surface area contributed by atoms with Gasteiger partial charge in [0.05, 0.1) is 19.1 Å². The molecule has 0 spiro atoms. The lowest BCUT2D eigenvalue weighted by Gasteiger charge is -2.34. The van der Waals surface area contributed by atoms with Crippen molar-refractivity contribution in [3.05, 3.63) is 22.4 Å². The summed E-state index contributed by atoms with van der Waals surface area (Å²) in [4.78, 5) is 24.8. The van der Waals surface area contributed by atoms with Crippen LogP contribution in [0.4, 0.5) is 0 Å². The largest absolute Gasteiger partial charge is 0.480 e. The third-order valence-corrected chi connectivity index (χ3v) is 3.81. The number of carbonyl (C=O) groups excluding carboxylic acids is 1. The lowest BCUT2D eigenvalue weighted by molar-refractivity contribution is -0.158. The molecule has 2 atom stereocenters. The first-order valence-electron chi connectivity index (χ1n) is 5.74. The Balaban J connectivity index is 2.13. The molecule has 0 bridgehead atoms. The Kier molecular flexibility index (Phi) is 3.98. The van der Waals surface area contributed by atoms with Crippen LogP contribution >= 0.6 is 11.3 Å². The minimum absolute atomic E-state index is 0.0669. The van der Waals surface area contributed by atoms with Crippen LogP contribution in [0.5, 0.6) is 0 Å². The molecule has 0 aliphatic carbocycles. The molecule has 1 amide bonds. The maximum absolute atomic E-state index is 12.3. The Morgan fingerprint density at radius 3 is 3.00 bits per heavy atom. The summed E-state index contributed by atoms with van der Waals surface area (Å²) in [5.41, 5.74) is 0.931. The molecule has 1 aliphatic rings. The van der Waals surface area contributed by atoms with E-state index in [0.29, 0.717) is 13.2 Å². The van der Waals surface area contributed by atoms with Gasteiger partial charge in [0.2, 0.25) is 5.91 Å². The molecule has 0 saturated carbocycles. The number of ether oxygens (including phenoxy) is 1. The van der Waals surface area contributed by atoms with Crippen molar-refractivity contribution in [1.29, 1.82) is 0 Å². The minimum Gasteiger partial charge on any atom is -0.480 e. The van der Waals surface area contributed by atoms with Crippen LogP contribution in [0.1, 0.15) is 18.4 Å². The molecule has 1 aromatic heterocycles. The van der Waals surface area contributed by atoms with Gasteiger partial charge in [-0.1, -0.05) is 0 Å². The molecule has 0 aromatic carbocycles. The van der Waals surface area contributed by atoms with Gasteiger partial charge >= 0.3 is 5.97 Å². The molecule has 6 heteroatoms. The zero-order chi connectivity index (χ0) is 13.1. The smallest absolute Gasteiger partial charge is 0.328 e. The lowest BCUT2D eigenvalue weighted by Crippen LogP contribution is -2.53. The molecular weight excluding hydrogens is 254 g/mol. The maximum Gasteiger partial charge on any atom is 0.328 e. The van der Waals surface area contributed by atoms with Crippen LogP contribution in [0.3, 0.4) is 0 Å². The summed E-state index contributed by atoms with van der Waals surface area (Å²) >= 11 is 1.53. The normalized spacial score (nSPS) is 21.6. The maximum atomic E-state index is 12.3. The molecule has 1 N–H and O–H groups in total. The molecule has 1 aliphatic heterocycles. The van der Waals surface area contributed by atoms with Crippen molar-refractivity contribution in [2.24, 2.45) is 0 Å². The SMILES string of the molecule is CC(C(=O)N1CCOCC1C(=O)O)c1ccsc1. The molecule has 2 rings (SSSR count). The highest BCUT2D eigenvalue weighted by molar-refractivity contribution is 7.08. The van der Waals surface area contributed by atoms with Crippen LogP contribution in [-0.2, 0) is 14.3 Å². The predicted octanol–water partition coefficient (Wildman–Crippen LogP) is 1.16. The van der Waals surface area contributed by atoms with Gasteiger partial charge in [-0.15, -0.1) is 0 Å². The van der Waals surface area contributed by atoms with Crippen LogP contribution in [0.2, 0.25) is 0 Å². The summed E-state index contributed by atoms with van der Waals surface area (Å²) in [5.74, 6) is -1.47. The number of nitrogens with zero attached hydrogens (tertiary/aromatic N) is 1. The second-order valence-corrected chi connectivity index (χ2v) is 5.02. The van der Waals surface area contributed by atoms with E-state index in [2.05, 4.69) is 0 Å². The lowest BCUT2D eigenvalue weighted by atomic mass is 10.0. The highest BCUT2D eigenvalue weighted by atomic mass is 32.1. The van der Waals surface area contributed by atoms with E-state index in [4.69, 9.17) is 9.84 Å². The van der Waals surface area contributed by atoms with Gasteiger partial charge in [-0.2, -0.15) is 11.3 Å². The number of carboxylic acids is 1. The van der Waals surface area contributed by atoms with Gasteiger partial charge in [0, 0.05) is 6.54 Å². The first-order chi connectivity index (χ1) is 8.61. The van der Waals surface area contributed by atoms with Crippen molar-refractivity contribution in [1.82, 2.24) is 4.90 Å². The zero-order valence-electron chi connectivity index (χ0n) is 10.0. The van der Waals surface area contributed by atoms with E-state index in [1.165, 1.54) is 16.2 Å². The number of morpholine rings is 1. The molecule has 1 saturated heterocycles. The van der Waals surface area contributed by atoms with Gasteiger partial charge in [0.15, 0.2) is 6.04 Å². The average molecular weight is 269 g/mol. The van der Waals surface area contributed by atoms with Crippen LogP contribution in [0.15, 0.2) is 16.8 Å². The van der Waals surface area contributed by atoms with Crippen LogP contribution in [0.25, 0.3) is 0 Å². The number of rotatable bonds is 3. The summed E-state index contributed by atoms with van der Waals surface area (Å²) in [6.45, 7) is 2.60. The van der Waals surface area contributed by atoms with Gasteiger partial charge in [0.1, 0.15) is 0 Å². The number of hydrogen-bond donors (Lipinski definition) is 1. The van der Waals surface area contributed by atoms with E-state index in [-0.39, 0.29) is 18.4 Å². The topological polar surface area (TPSA) is 66.8 Å². The highest BCUT2D eigenvalue weighted by Gasteiger charge is 2.35. The number of carbonyl (C=O) groups is 2. The van der Waals surface area contributed by atoms with Gasteiger partial charge in [-0.25, -0.2) is 4.79 Å². The monoisotopic (exact) mass is 269 g/mol. The van der Waals surface area contributed by atoms with Crippen molar-refractivity contribution in [2.75, 3.05) is 19.8 Å². The summed E-state index contributed by atoms with van der Waals surface area (Å²) < 4.78 is 5.12. The average Bonchev–Trinajstić information content (AvgIpc) is 2.90. The number of thiophene rings is 1. The quantitative estimate of drug-likeness (QED) is 0.894. The standard InChI is InChI=1S/C12H15NO4S/c1-8(9-2-5-18-7-9)11(14)13-3-4-17-6-10(13)12(15)16/h2,5,7-8,10H,3-4,6H2,1H3,(H,15,16). The Labute approximate surface area is 109 Å². The first kappa shape index (κ1) is 13.0. The molecule has 2 unspecified atom stereocenters. The second kappa shape index (κ2) is 5.49. The Hall–Kier alpha value is -1.40. The summed E-state index contributed by atoms with van der Waals surface area (Å²) in [6.07, 6.45) is 0. The molecular formula is C12H15NO4S. The third kappa shape index (κ3) is 2.54. The fraction of sp³-hybridized carbons (Fsp3) is 0.500. The van der Waals surface area contributed by atoms with Gasteiger partial charge in [-0.3, -0.25) is 4.79 Å². The fourth-order valence-electron chi connectivity index (χ4n) is 1.98. The molecule has 1 aromatic rings. The molecule has 1 fully saturated rings. The van der Waals surface area contributed by atoms with E-state index >= 15 is 0 Å². The van der Waals surface area contributed by atoms with Crippen molar-refractivity contribution in [3.8, 4) is 0 Å². The van der Waals surface area contributed by atoms with Crippen LogP contribution < -0.4 is 0 Å². The van der Waals surface area contributed by atoms with Crippen molar-refractivity contribution >= 4 is 23.2 Å². The molecule has 2 heterocycles. The summed E-state index contributed by atoms with van der Waals surface area (Å²) in [5, 5.41) is 12.9. The van der Waals surface area contributed by atoms with Crippen molar-refractivity contribution in [3.63, 3.8) is 0 Å². The fourth-order valence-corrected chi connectivity index (χ4v) is 2.74. The Bertz CT molecular complexity index is 431. The van der Waals surface area contributed by atoms with Gasteiger partial charge in [-0.05, 0) is 29.3 Å². The van der Waals surface area contributed by atoms with E-state index in [9.17, 15) is 9.59 Å². The second-order valence-electron chi connectivity index (χ2n) is 4.24. The predicted molar refractivity (Wildman–Crippen MR) is 66.7 cm³/mol. The van der Waals surface area contributed by atoms with Gasteiger partial charge in [0.25, 0.3) is 0 Å². The number of hydrogen-bond acceptors (Lipinski definition) is 4. The van der Waals surface area contributed by atoms with Crippen molar-refractivity contribution in [2.45, 2.75) is 18.9 Å². The Morgan fingerprint density at radius 2 is 2.39 bits per heavy atom. The van der Waals surface area contributed by atoms with Crippen LogP contribution in [0, 0.1) is 0 Å². The third-order valence-electron chi connectivity index (χ3n) is 3.11. The minimum atomic E-state index is -1.01. The Morgan fingerprint density at radius 1 is 1.61 bits per heavy atom. The van der Waals surface area contributed by atoms with Crippen molar-refractivity contribution < 1.29 is 19.4 Å². The summed E-state index contributed by atoms with van der Waals surface area (Å²) in [7, 11) is 0. The first-order valence-corrected chi connectivity index (χ1v) is 6.68. The molecule has 98 valence electrons. The number of amides is 1. The zero-order valence-corrected chi connectivity index (χ0v) is 10.9. The molecule has 5 nitrogen and oxygen atoms in total. The van der Waals surface area contributed by atoms with Gasteiger partial charge < -0.3 is 14.7 Å². The molecule has 18 heavy (non-hydrogen) atoms. The number of carboxylic acid groups (broad SMARTS) is 1. The van der Waals surface area contributed by atoms with E-state index in [1.54, 1.807) is 6.92 Å². The highest BCUT2D eigenvalue weighted by Crippen LogP contribution is 2.22.